The van der Waals surface area contributed by atoms with Crippen LogP contribution in [-0.4, -0.2) is 16.0 Å². The van der Waals surface area contributed by atoms with Crippen LogP contribution in [0, 0.1) is 0 Å². The fourth-order valence-electron chi connectivity index (χ4n) is 1.88. The van der Waals surface area contributed by atoms with Gasteiger partial charge in [-0.3, -0.25) is 0 Å². The molecule has 0 spiro atoms. The van der Waals surface area contributed by atoms with E-state index in [1.165, 1.54) is 0 Å². The summed E-state index contributed by atoms with van der Waals surface area (Å²) >= 11 is 5.95. The van der Waals surface area contributed by atoms with Crippen molar-refractivity contribution in [2.45, 2.75) is 32.7 Å². The largest absolute Gasteiger partial charge is 0.367 e. The second kappa shape index (κ2) is 5.32. The summed E-state index contributed by atoms with van der Waals surface area (Å²) in [5.74, 6) is 0.882. The molecule has 1 N–H and O–H groups in total. The molecule has 0 radical (unpaired) electrons. The fourth-order valence-corrected chi connectivity index (χ4v) is 2.05. The molecule has 3 nitrogen and oxygen atoms in total. The Labute approximate surface area is 106 Å². The molecule has 0 fully saturated rings. The predicted octanol–water partition coefficient (Wildman–Crippen LogP) is 3.88. The summed E-state index contributed by atoms with van der Waals surface area (Å²) in [6.07, 6.45) is 3.85. The van der Waals surface area contributed by atoms with Gasteiger partial charge in [-0.2, -0.15) is 0 Å². The molecule has 2 rings (SSSR count). The standard InChI is InChI=1S/C13H16ClN3/c1-3-4-9(2)17-13-11-6-5-10(14)7-12(11)15-8-16-13/h5-9H,3-4H2,1-2H3,(H,15,16,17). The summed E-state index contributed by atoms with van der Waals surface area (Å²) in [7, 11) is 0. The Hall–Kier alpha value is -1.35. The van der Waals surface area contributed by atoms with Gasteiger partial charge in [0, 0.05) is 16.5 Å². The van der Waals surface area contributed by atoms with E-state index in [9.17, 15) is 0 Å². The molecule has 1 heterocycles. The van der Waals surface area contributed by atoms with Crippen molar-refractivity contribution < 1.29 is 0 Å². The first-order valence-corrected chi connectivity index (χ1v) is 6.25. The zero-order valence-electron chi connectivity index (χ0n) is 10.1. The number of nitrogens with one attached hydrogen (secondary N) is 1. The lowest BCUT2D eigenvalue weighted by Crippen LogP contribution is -2.15. The topological polar surface area (TPSA) is 37.8 Å². The highest BCUT2D eigenvalue weighted by Crippen LogP contribution is 2.23. The van der Waals surface area contributed by atoms with Gasteiger partial charge in [0.15, 0.2) is 0 Å². The van der Waals surface area contributed by atoms with Crippen LogP contribution in [0.4, 0.5) is 5.82 Å². The van der Waals surface area contributed by atoms with Crippen LogP contribution in [0.5, 0.6) is 0 Å². The van der Waals surface area contributed by atoms with Crippen molar-refractivity contribution in [3.63, 3.8) is 0 Å². The Morgan fingerprint density at radius 1 is 1.35 bits per heavy atom. The van der Waals surface area contributed by atoms with Crippen molar-refractivity contribution in [1.29, 1.82) is 0 Å². The minimum absolute atomic E-state index is 0.411. The first-order chi connectivity index (χ1) is 8.20. The van der Waals surface area contributed by atoms with E-state index >= 15 is 0 Å². The molecule has 0 saturated carbocycles. The Balaban J connectivity index is 2.34. The molecule has 0 aliphatic rings. The summed E-state index contributed by atoms with van der Waals surface area (Å²) in [6.45, 7) is 4.34. The summed E-state index contributed by atoms with van der Waals surface area (Å²) in [4.78, 5) is 8.51. The predicted molar refractivity (Wildman–Crippen MR) is 72.5 cm³/mol. The molecule has 4 heteroatoms. The molecule has 1 aromatic carbocycles. The zero-order valence-corrected chi connectivity index (χ0v) is 10.8. The Kier molecular flexibility index (Phi) is 3.79. The summed E-state index contributed by atoms with van der Waals surface area (Å²) in [5.41, 5.74) is 0.874. The second-order valence-electron chi connectivity index (χ2n) is 4.22. The maximum absolute atomic E-state index is 5.95. The molecule has 0 bridgehead atoms. The van der Waals surface area contributed by atoms with Crippen LogP contribution < -0.4 is 5.32 Å². The van der Waals surface area contributed by atoms with Crippen molar-refractivity contribution in [3.05, 3.63) is 29.5 Å². The van der Waals surface area contributed by atoms with Crippen LogP contribution in [0.25, 0.3) is 10.9 Å². The van der Waals surface area contributed by atoms with Crippen molar-refractivity contribution in [2.24, 2.45) is 0 Å². The number of hydrogen-bond donors (Lipinski definition) is 1. The highest BCUT2D eigenvalue weighted by Gasteiger charge is 2.06. The number of hydrogen-bond acceptors (Lipinski definition) is 3. The third kappa shape index (κ3) is 2.86. The first kappa shape index (κ1) is 12.1. The molecule has 90 valence electrons. The SMILES string of the molecule is CCCC(C)Nc1ncnc2cc(Cl)ccc12. The minimum Gasteiger partial charge on any atom is -0.367 e. The van der Waals surface area contributed by atoms with Gasteiger partial charge in [-0.05, 0) is 31.5 Å². The van der Waals surface area contributed by atoms with Gasteiger partial charge < -0.3 is 5.32 Å². The Morgan fingerprint density at radius 2 is 2.18 bits per heavy atom. The van der Waals surface area contributed by atoms with Crippen LogP contribution in [0.3, 0.4) is 0 Å². The molecule has 0 aliphatic carbocycles. The number of fused-ring (bicyclic) bond motifs is 1. The fraction of sp³-hybridized carbons (Fsp3) is 0.385. The molecule has 17 heavy (non-hydrogen) atoms. The zero-order chi connectivity index (χ0) is 12.3. The number of benzene rings is 1. The lowest BCUT2D eigenvalue weighted by Gasteiger charge is -2.14. The number of nitrogens with zero attached hydrogens (tertiary/aromatic N) is 2. The van der Waals surface area contributed by atoms with Crippen molar-refractivity contribution in [3.8, 4) is 0 Å². The lowest BCUT2D eigenvalue weighted by atomic mass is 10.2. The molecular formula is C13H16ClN3. The molecule has 1 aromatic heterocycles. The number of halogens is 1. The highest BCUT2D eigenvalue weighted by molar-refractivity contribution is 6.31. The molecular weight excluding hydrogens is 234 g/mol. The molecule has 2 aromatic rings. The van der Waals surface area contributed by atoms with Gasteiger partial charge in [0.05, 0.1) is 5.52 Å². The van der Waals surface area contributed by atoms with E-state index < -0.39 is 0 Å². The van der Waals surface area contributed by atoms with E-state index in [4.69, 9.17) is 11.6 Å². The van der Waals surface area contributed by atoms with Crippen molar-refractivity contribution >= 4 is 28.3 Å². The molecule has 1 unspecified atom stereocenters. The molecule has 0 saturated heterocycles. The van der Waals surface area contributed by atoms with Crippen LogP contribution in [0.2, 0.25) is 5.02 Å². The van der Waals surface area contributed by atoms with Crippen LogP contribution in [0.15, 0.2) is 24.5 Å². The van der Waals surface area contributed by atoms with E-state index in [-0.39, 0.29) is 0 Å². The van der Waals surface area contributed by atoms with E-state index in [0.717, 1.165) is 29.6 Å². The van der Waals surface area contributed by atoms with Gasteiger partial charge in [0.1, 0.15) is 12.1 Å². The quantitative estimate of drug-likeness (QED) is 0.894. The summed E-state index contributed by atoms with van der Waals surface area (Å²) in [6, 6.07) is 6.09. The number of anilines is 1. The number of aromatic nitrogens is 2. The first-order valence-electron chi connectivity index (χ1n) is 5.87. The van der Waals surface area contributed by atoms with Gasteiger partial charge in [0.25, 0.3) is 0 Å². The molecule has 1 atom stereocenters. The maximum atomic E-state index is 5.95. The van der Waals surface area contributed by atoms with Gasteiger partial charge >= 0.3 is 0 Å². The van der Waals surface area contributed by atoms with E-state index in [1.807, 2.05) is 18.2 Å². The van der Waals surface area contributed by atoms with Gasteiger partial charge in [-0.15, -0.1) is 0 Å². The normalized spacial score (nSPS) is 12.6. The van der Waals surface area contributed by atoms with Crippen LogP contribution >= 0.6 is 11.6 Å². The number of rotatable bonds is 4. The van der Waals surface area contributed by atoms with Crippen LogP contribution in [0.1, 0.15) is 26.7 Å². The monoisotopic (exact) mass is 249 g/mol. The van der Waals surface area contributed by atoms with E-state index in [1.54, 1.807) is 6.33 Å². The van der Waals surface area contributed by atoms with Gasteiger partial charge in [0.2, 0.25) is 0 Å². The van der Waals surface area contributed by atoms with Crippen molar-refractivity contribution in [1.82, 2.24) is 9.97 Å². The Bertz CT molecular complexity index is 513. The average Bonchev–Trinajstić information content (AvgIpc) is 2.29. The Morgan fingerprint density at radius 3 is 2.94 bits per heavy atom. The van der Waals surface area contributed by atoms with E-state index in [0.29, 0.717) is 11.1 Å². The highest BCUT2D eigenvalue weighted by atomic mass is 35.5. The smallest absolute Gasteiger partial charge is 0.137 e. The van der Waals surface area contributed by atoms with Gasteiger partial charge in [-0.1, -0.05) is 24.9 Å². The molecule has 0 amide bonds. The second-order valence-corrected chi connectivity index (χ2v) is 4.65. The van der Waals surface area contributed by atoms with E-state index in [2.05, 4.69) is 29.1 Å². The van der Waals surface area contributed by atoms with Crippen LogP contribution in [-0.2, 0) is 0 Å². The molecule has 0 aliphatic heterocycles. The third-order valence-corrected chi connectivity index (χ3v) is 2.94. The maximum Gasteiger partial charge on any atom is 0.137 e. The summed E-state index contributed by atoms with van der Waals surface area (Å²) in [5, 5.41) is 5.12. The summed E-state index contributed by atoms with van der Waals surface area (Å²) < 4.78 is 0. The lowest BCUT2D eigenvalue weighted by molar-refractivity contribution is 0.688. The third-order valence-electron chi connectivity index (χ3n) is 2.70. The van der Waals surface area contributed by atoms with Gasteiger partial charge in [-0.25, -0.2) is 9.97 Å². The minimum atomic E-state index is 0.411. The average molecular weight is 250 g/mol. The van der Waals surface area contributed by atoms with Crippen molar-refractivity contribution in [2.75, 3.05) is 5.32 Å².